The molecule has 2 rings (SSSR count). The van der Waals surface area contributed by atoms with Crippen molar-refractivity contribution >= 4 is 17.3 Å². The van der Waals surface area contributed by atoms with Crippen LogP contribution in [0.3, 0.4) is 0 Å². The van der Waals surface area contributed by atoms with Crippen LogP contribution in [0.5, 0.6) is 0 Å². The summed E-state index contributed by atoms with van der Waals surface area (Å²) >= 11 is 0. The van der Waals surface area contributed by atoms with Gasteiger partial charge in [-0.25, -0.2) is 0 Å². The zero-order valence-electron chi connectivity index (χ0n) is 16.1. The Kier molecular flexibility index (Phi) is 5.96. The summed E-state index contributed by atoms with van der Waals surface area (Å²) in [5.41, 5.74) is 4.27. The Hall–Kier alpha value is -2.49. The van der Waals surface area contributed by atoms with Crippen molar-refractivity contribution in [2.24, 2.45) is 0 Å². The Morgan fingerprint density at radius 2 is 1.85 bits per heavy atom. The lowest BCUT2D eigenvalue weighted by Gasteiger charge is -2.27. The molecule has 1 aromatic carbocycles. The Morgan fingerprint density at radius 3 is 2.38 bits per heavy atom. The number of Topliss-reactive ketones (excluding diaryl/α,β-unsaturated/α-hetero) is 2. The molecule has 0 fully saturated rings. The molecule has 4 heteroatoms. The van der Waals surface area contributed by atoms with Crippen LogP contribution in [-0.2, 0) is 9.59 Å². The highest BCUT2D eigenvalue weighted by molar-refractivity contribution is 6.21. The highest BCUT2D eigenvalue weighted by Crippen LogP contribution is 2.39. The molecule has 0 amide bonds. The first-order valence-electron chi connectivity index (χ1n) is 8.99. The minimum Gasteiger partial charge on any atom is -0.511 e. The quantitative estimate of drug-likeness (QED) is 0.476. The minimum atomic E-state index is -0.314. The second kappa shape index (κ2) is 7.81. The number of aryl methyl sites for hydroxylation is 2. The molecule has 4 nitrogen and oxygen atoms in total. The van der Waals surface area contributed by atoms with Gasteiger partial charge in [0.25, 0.3) is 0 Å². The maximum Gasteiger partial charge on any atom is 0.186 e. The smallest absolute Gasteiger partial charge is 0.186 e. The second-order valence-electron chi connectivity index (χ2n) is 6.92. The molecule has 1 atom stereocenters. The van der Waals surface area contributed by atoms with Crippen molar-refractivity contribution in [3.8, 4) is 0 Å². The van der Waals surface area contributed by atoms with Crippen LogP contribution in [0.1, 0.15) is 71.6 Å². The van der Waals surface area contributed by atoms with Gasteiger partial charge >= 0.3 is 0 Å². The number of benzene rings is 1. The van der Waals surface area contributed by atoms with E-state index in [2.05, 4.69) is 0 Å². The van der Waals surface area contributed by atoms with Gasteiger partial charge in [-0.3, -0.25) is 14.4 Å². The number of rotatable bonds is 5. The van der Waals surface area contributed by atoms with Crippen molar-refractivity contribution in [2.45, 2.75) is 59.8 Å². The number of ketones is 3. The van der Waals surface area contributed by atoms with Gasteiger partial charge in [0.05, 0.1) is 5.57 Å². The van der Waals surface area contributed by atoms with Crippen molar-refractivity contribution in [3.05, 3.63) is 57.4 Å². The van der Waals surface area contributed by atoms with Crippen LogP contribution in [0.2, 0.25) is 0 Å². The number of carbonyl (C=O) groups excluding carboxylic acids is 3. The standard InChI is InChI=1S/C22H26O4/c1-6-8-17(24)21-13(4)9-12(3)20(14(21)5)15-10-18(25)22(16(23)7-2)19(26)11-15/h6,8-9,15,25H,7,10-11H2,1-5H3/b8-6+. The van der Waals surface area contributed by atoms with E-state index in [0.29, 0.717) is 5.56 Å². The molecule has 0 aromatic heterocycles. The number of hydrogen-bond donors (Lipinski definition) is 1. The third-order valence-corrected chi connectivity index (χ3v) is 5.04. The fraction of sp³-hybridized carbons (Fsp3) is 0.409. The summed E-state index contributed by atoms with van der Waals surface area (Å²) in [4.78, 5) is 36.9. The largest absolute Gasteiger partial charge is 0.511 e. The van der Waals surface area contributed by atoms with Crippen LogP contribution in [0.15, 0.2) is 29.6 Å². The van der Waals surface area contributed by atoms with E-state index in [0.717, 1.165) is 22.3 Å². The van der Waals surface area contributed by atoms with Crippen LogP contribution < -0.4 is 0 Å². The normalized spacial score (nSPS) is 17.9. The molecule has 0 saturated heterocycles. The van der Waals surface area contributed by atoms with E-state index in [1.165, 1.54) is 6.08 Å². The Balaban J connectivity index is 2.55. The van der Waals surface area contributed by atoms with E-state index in [4.69, 9.17) is 0 Å². The first-order valence-corrected chi connectivity index (χ1v) is 8.99. The SMILES string of the molecule is C/C=C/C(=O)c1c(C)cc(C)c(C2CC(=O)C(C(=O)CC)=C(O)C2)c1C. The lowest BCUT2D eigenvalue weighted by atomic mass is 9.76. The van der Waals surface area contributed by atoms with Crippen molar-refractivity contribution in [2.75, 3.05) is 0 Å². The third kappa shape index (κ3) is 3.55. The summed E-state index contributed by atoms with van der Waals surface area (Å²) < 4.78 is 0. The highest BCUT2D eigenvalue weighted by Gasteiger charge is 2.33. The lowest BCUT2D eigenvalue weighted by molar-refractivity contribution is -0.122. The summed E-state index contributed by atoms with van der Waals surface area (Å²) in [6.45, 7) is 9.23. The van der Waals surface area contributed by atoms with Crippen molar-refractivity contribution in [1.29, 1.82) is 0 Å². The first-order chi connectivity index (χ1) is 12.2. The molecule has 1 aliphatic carbocycles. The molecule has 1 aromatic rings. The molecular formula is C22H26O4. The molecule has 0 radical (unpaired) electrons. The van der Waals surface area contributed by atoms with Crippen molar-refractivity contribution < 1.29 is 19.5 Å². The van der Waals surface area contributed by atoms with Gasteiger partial charge in [0.1, 0.15) is 5.76 Å². The maximum absolute atomic E-state index is 12.5. The van der Waals surface area contributed by atoms with E-state index in [1.807, 2.05) is 26.8 Å². The summed E-state index contributed by atoms with van der Waals surface area (Å²) in [6, 6.07) is 1.96. The zero-order chi connectivity index (χ0) is 19.6. The molecular weight excluding hydrogens is 328 g/mol. The van der Waals surface area contributed by atoms with E-state index in [1.54, 1.807) is 19.9 Å². The Labute approximate surface area is 154 Å². The van der Waals surface area contributed by atoms with Gasteiger partial charge in [-0.05, 0) is 61.9 Å². The van der Waals surface area contributed by atoms with E-state index >= 15 is 0 Å². The molecule has 1 N–H and O–H groups in total. The van der Waals surface area contributed by atoms with Crippen molar-refractivity contribution in [1.82, 2.24) is 0 Å². The van der Waals surface area contributed by atoms with Crippen molar-refractivity contribution in [3.63, 3.8) is 0 Å². The van der Waals surface area contributed by atoms with Gasteiger partial charge in [-0.2, -0.15) is 0 Å². The van der Waals surface area contributed by atoms with E-state index in [-0.39, 0.29) is 53.9 Å². The third-order valence-electron chi connectivity index (χ3n) is 5.04. The number of aliphatic hydroxyl groups excluding tert-OH is 1. The topological polar surface area (TPSA) is 71.4 Å². The lowest BCUT2D eigenvalue weighted by Crippen LogP contribution is -2.24. The first kappa shape index (κ1) is 19.8. The summed E-state index contributed by atoms with van der Waals surface area (Å²) in [7, 11) is 0. The second-order valence-corrected chi connectivity index (χ2v) is 6.92. The van der Waals surface area contributed by atoms with Gasteiger partial charge < -0.3 is 5.11 Å². The average molecular weight is 354 g/mol. The Bertz CT molecular complexity index is 840. The molecule has 26 heavy (non-hydrogen) atoms. The number of allylic oxidation sites excluding steroid dienone is 4. The summed E-state index contributed by atoms with van der Waals surface area (Å²) in [5, 5.41) is 10.3. The van der Waals surface area contributed by atoms with Gasteiger partial charge in [-0.1, -0.05) is 19.1 Å². The molecule has 0 bridgehead atoms. The molecule has 1 aliphatic rings. The average Bonchev–Trinajstić information content (AvgIpc) is 2.53. The fourth-order valence-corrected chi connectivity index (χ4v) is 4.03. The Morgan fingerprint density at radius 1 is 1.19 bits per heavy atom. The number of aliphatic hydroxyl groups is 1. The summed E-state index contributed by atoms with van der Waals surface area (Å²) in [5.74, 6) is -1.04. The van der Waals surface area contributed by atoms with E-state index in [9.17, 15) is 19.5 Å². The predicted octanol–water partition coefficient (Wildman–Crippen LogP) is 4.61. The number of carbonyl (C=O) groups is 3. The van der Waals surface area contributed by atoms with Gasteiger partial charge in [0.15, 0.2) is 17.3 Å². The van der Waals surface area contributed by atoms with Crippen LogP contribution in [0, 0.1) is 20.8 Å². The fourth-order valence-electron chi connectivity index (χ4n) is 4.03. The zero-order valence-corrected chi connectivity index (χ0v) is 16.1. The molecule has 0 aliphatic heterocycles. The number of hydrogen-bond acceptors (Lipinski definition) is 4. The summed E-state index contributed by atoms with van der Waals surface area (Å²) in [6.07, 6.45) is 3.86. The maximum atomic E-state index is 12.5. The minimum absolute atomic E-state index is 0.0450. The highest BCUT2D eigenvalue weighted by atomic mass is 16.3. The van der Waals surface area contributed by atoms with Gasteiger partial charge in [0, 0.05) is 24.8 Å². The molecule has 0 saturated carbocycles. The van der Waals surface area contributed by atoms with Crippen LogP contribution >= 0.6 is 0 Å². The monoisotopic (exact) mass is 354 g/mol. The van der Waals surface area contributed by atoms with Gasteiger partial charge in [0.2, 0.25) is 0 Å². The van der Waals surface area contributed by atoms with Crippen LogP contribution in [-0.4, -0.2) is 22.5 Å². The van der Waals surface area contributed by atoms with E-state index < -0.39 is 0 Å². The molecule has 138 valence electrons. The molecule has 0 heterocycles. The predicted molar refractivity (Wildman–Crippen MR) is 102 cm³/mol. The molecule has 0 spiro atoms. The van der Waals surface area contributed by atoms with Crippen LogP contribution in [0.25, 0.3) is 0 Å². The van der Waals surface area contributed by atoms with Gasteiger partial charge in [-0.15, -0.1) is 0 Å². The molecule has 1 unspecified atom stereocenters. The van der Waals surface area contributed by atoms with Crippen LogP contribution in [0.4, 0.5) is 0 Å².